The maximum absolute atomic E-state index is 13.7. The molecule has 3 fully saturated rings. The minimum absolute atomic E-state index is 0.154. The van der Waals surface area contributed by atoms with E-state index in [1.54, 1.807) is 9.80 Å². The Balaban J connectivity index is 1.47. The summed E-state index contributed by atoms with van der Waals surface area (Å²) in [7, 11) is 0. The van der Waals surface area contributed by atoms with Gasteiger partial charge in [0.2, 0.25) is 0 Å². The Hall–Kier alpha value is -2.22. The number of hydrogen-bond donors (Lipinski definition) is 0. The van der Waals surface area contributed by atoms with Crippen LogP contribution in [0.25, 0.3) is 0 Å². The molecule has 158 valence electrons. The summed E-state index contributed by atoms with van der Waals surface area (Å²) in [5, 5.41) is 0. The number of halogens is 2. The Labute approximate surface area is 168 Å². The Morgan fingerprint density at radius 1 is 1.14 bits per heavy atom. The van der Waals surface area contributed by atoms with Gasteiger partial charge in [-0.1, -0.05) is 0 Å². The van der Waals surface area contributed by atoms with Gasteiger partial charge >= 0.3 is 6.09 Å². The summed E-state index contributed by atoms with van der Waals surface area (Å²) in [5.74, 6) is -1.47. The van der Waals surface area contributed by atoms with Gasteiger partial charge < -0.3 is 19.3 Å². The standard InChI is InChI=1S/C21H26F2N2O4/c1-20(2,3)29-19(27)24-8-6-21(7-9-24)18(26)25-16(4-5-17(25)28-21)13-10-14(22)12-15(23)11-13/h10-12,16-17H,4-9H2,1-3H3/t16-,17+/m0/s1. The molecule has 3 heterocycles. The van der Waals surface area contributed by atoms with E-state index in [1.165, 1.54) is 12.1 Å². The number of carbonyl (C=O) groups excluding carboxylic acids is 2. The molecule has 0 bridgehead atoms. The van der Waals surface area contributed by atoms with Crippen molar-refractivity contribution in [3.63, 3.8) is 0 Å². The Bertz CT molecular complexity index is 810. The van der Waals surface area contributed by atoms with Gasteiger partial charge in [0.1, 0.15) is 23.5 Å². The van der Waals surface area contributed by atoms with Crippen LogP contribution in [0.4, 0.5) is 13.6 Å². The second-order valence-electron chi connectivity index (χ2n) is 9.04. The average molecular weight is 408 g/mol. The molecule has 3 aliphatic heterocycles. The van der Waals surface area contributed by atoms with Crippen molar-refractivity contribution in [2.75, 3.05) is 13.1 Å². The van der Waals surface area contributed by atoms with E-state index in [0.29, 0.717) is 44.3 Å². The molecule has 29 heavy (non-hydrogen) atoms. The van der Waals surface area contributed by atoms with Crippen molar-refractivity contribution in [3.05, 3.63) is 35.4 Å². The van der Waals surface area contributed by atoms with Gasteiger partial charge in [-0.15, -0.1) is 0 Å². The lowest BCUT2D eigenvalue weighted by atomic mass is 9.89. The fraction of sp³-hybridized carbons (Fsp3) is 0.619. The zero-order chi connectivity index (χ0) is 21.0. The molecule has 8 heteroatoms. The van der Waals surface area contributed by atoms with Crippen molar-refractivity contribution in [3.8, 4) is 0 Å². The largest absolute Gasteiger partial charge is 0.444 e. The first-order valence-corrected chi connectivity index (χ1v) is 10.0. The smallest absolute Gasteiger partial charge is 0.410 e. The van der Waals surface area contributed by atoms with Gasteiger partial charge in [-0.25, -0.2) is 13.6 Å². The zero-order valence-corrected chi connectivity index (χ0v) is 16.9. The van der Waals surface area contributed by atoms with Gasteiger partial charge in [0.05, 0.1) is 6.04 Å². The summed E-state index contributed by atoms with van der Waals surface area (Å²) in [6.45, 7) is 6.15. The quantitative estimate of drug-likeness (QED) is 0.710. The summed E-state index contributed by atoms with van der Waals surface area (Å²) < 4.78 is 38.9. The van der Waals surface area contributed by atoms with Crippen LogP contribution in [0, 0.1) is 11.6 Å². The van der Waals surface area contributed by atoms with E-state index in [9.17, 15) is 18.4 Å². The molecule has 6 nitrogen and oxygen atoms in total. The number of piperidine rings is 1. The van der Waals surface area contributed by atoms with Gasteiger partial charge in [0.15, 0.2) is 5.60 Å². The highest BCUT2D eigenvalue weighted by Crippen LogP contribution is 2.47. The van der Waals surface area contributed by atoms with Crippen LogP contribution in [0.3, 0.4) is 0 Å². The van der Waals surface area contributed by atoms with Crippen molar-refractivity contribution >= 4 is 12.0 Å². The lowest BCUT2D eigenvalue weighted by molar-refractivity contribution is -0.143. The molecule has 0 radical (unpaired) electrons. The zero-order valence-electron chi connectivity index (χ0n) is 16.9. The first-order chi connectivity index (χ1) is 13.6. The van der Waals surface area contributed by atoms with Crippen LogP contribution < -0.4 is 0 Å². The number of fused-ring (bicyclic) bond motifs is 1. The highest BCUT2D eigenvalue weighted by atomic mass is 19.1. The van der Waals surface area contributed by atoms with E-state index in [0.717, 1.165) is 6.07 Å². The number of benzene rings is 1. The lowest BCUT2D eigenvalue weighted by Gasteiger charge is -2.38. The summed E-state index contributed by atoms with van der Waals surface area (Å²) in [4.78, 5) is 28.8. The number of hydrogen-bond acceptors (Lipinski definition) is 4. The Morgan fingerprint density at radius 2 is 1.76 bits per heavy atom. The minimum Gasteiger partial charge on any atom is -0.444 e. The molecule has 0 aromatic heterocycles. The molecule has 1 aromatic rings. The maximum Gasteiger partial charge on any atom is 0.410 e. The molecule has 1 aromatic carbocycles. The number of likely N-dealkylation sites (tertiary alicyclic amines) is 1. The summed E-state index contributed by atoms with van der Waals surface area (Å²) in [5.41, 5.74) is -1.11. The van der Waals surface area contributed by atoms with Crippen molar-refractivity contribution in [1.82, 2.24) is 9.80 Å². The number of amides is 2. The molecule has 0 aliphatic carbocycles. The number of rotatable bonds is 1. The van der Waals surface area contributed by atoms with E-state index >= 15 is 0 Å². The minimum atomic E-state index is -0.978. The normalized spacial score (nSPS) is 26.2. The average Bonchev–Trinajstić information content (AvgIpc) is 3.12. The van der Waals surface area contributed by atoms with Gasteiger partial charge in [-0.3, -0.25) is 4.79 Å². The van der Waals surface area contributed by atoms with Gasteiger partial charge in [0.25, 0.3) is 5.91 Å². The second-order valence-corrected chi connectivity index (χ2v) is 9.04. The molecule has 0 N–H and O–H groups in total. The predicted octanol–water partition coefficient (Wildman–Crippen LogP) is 3.75. The van der Waals surface area contributed by atoms with E-state index in [-0.39, 0.29) is 5.91 Å². The summed E-state index contributed by atoms with van der Waals surface area (Å²) in [6, 6.07) is 2.98. The third-order valence-corrected chi connectivity index (χ3v) is 5.81. The fourth-order valence-corrected chi connectivity index (χ4v) is 4.52. The SMILES string of the molecule is CC(C)(C)OC(=O)N1CCC2(CC1)O[C@@H]1CC[C@@H](c3cc(F)cc(F)c3)N1C2=O. The highest BCUT2D eigenvalue weighted by Gasteiger charge is 2.58. The topological polar surface area (TPSA) is 59.1 Å². The van der Waals surface area contributed by atoms with Crippen LogP contribution in [0.2, 0.25) is 0 Å². The first kappa shape index (κ1) is 20.1. The number of nitrogens with zero attached hydrogens (tertiary/aromatic N) is 2. The molecule has 3 saturated heterocycles. The molecular formula is C21H26F2N2O4. The molecular weight excluding hydrogens is 382 g/mol. The summed E-state index contributed by atoms with van der Waals surface area (Å²) in [6.07, 6.45) is 1.18. The molecule has 4 rings (SSSR count). The van der Waals surface area contributed by atoms with Crippen LogP contribution in [0.5, 0.6) is 0 Å². The second kappa shape index (κ2) is 6.93. The third kappa shape index (κ3) is 3.70. The predicted molar refractivity (Wildman–Crippen MR) is 99.8 cm³/mol. The highest BCUT2D eigenvalue weighted by molar-refractivity contribution is 5.88. The van der Waals surface area contributed by atoms with Crippen LogP contribution in [0.15, 0.2) is 18.2 Å². The number of carbonyl (C=O) groups is 2. The van der Waals surface area contributed by atoms with Crippen molar-refractivity contribution in [2.24, 2.45) is 0 Å². The maximum atomic E-state index is 13.7. The molecule has 2 amide bonds. The number of ether oxygens (including phenoxy) is 2. The monoisotopic (exact) mass is 408 g/mol. The van der Waals surface area contributed by atoms with Crippen LogP contribution in [0.1, 0.15) is 58.1 Å². The van der Waals surface area contributed by atoms with Crippen LogP contribution in [-0.4, -0.2) is 52.3 Å². The molecule has 0 unspecified atom stereocenters. The van der Waals surface area contributed by atoms with Crippen molar-refractivity contribution in [2.45, 2.75) is 69.9 Å². The molecule has 0 saturated carbocycles. The van der Waals surface area contributed by atoms with Gasteiger partial charge in [-0.2, -0.15) is 0 Å². The van der Waals surface area contributed by atoms with E-state index < -0.39 is 41.2 Å². The van der Waals surface area contributed by atoms with Gasteiger partial charge in [-0.05, 0) is 51.3 Å². The van der Waals surface area contributed by atoms with E-state index in [1.807, 2.05) is 20.8 Å². The van der Waals surface area contributed by atoms with E-state index in [2.05, 4.69) is 0 Å². The van der Waals surface area contributed by atoms with Crippen LogP contribution >= 0.6 is 0 Å². The van der Waals surface area contributed by atoms with Gasteiger partial charge in [0, 0.05) is 32.0 Å². The molecule has 3 aliphatic rings. The first-order valence-electron chi connectivity index (χ1n) is 10.0. The third-order valence-electron chi connectivity index (χ3n) is 5.81. The Kier molecular flexibility index (Phi) is 4.80. The molecule has 1 spiro atoms. The summed E-state index contributed by atoms with van der Waals surface area (Å²) >= 11 is 0. The van der Waals surface area contributed by atoms with E-state index in [4.69, 9.17) is 9.47 Å². The van der Waals surface area contributed by atoms with Crippen LogP contribution in [-0.2, 0) is 14.3 Å². The lowest BCUT2D eigenvalue weighted by Crippen LogP contribution is -2.52. The molecule has 2 atom stereocenters. The van der Waals surface area contributed by atoms with Crippen molar-refractivity contribution in [1.29, 1.82) is 0 Å². The Morgan fingerprint density at radius 3 is 2.34 bits per heavy atom. The van der Waals surface area contributed by atoms with Crippen molar-refractivity contribution < 1.29 is 27.8 Å². The fourth-order valence-electron chi connectivity index (χ4n) is 4.52.